The van der Waals surface area contributed by atoms with Crippen LogP contribution in [0.2, 0.25) is 0 Å². The van der Waals surface area contributed by atoms with E-state index < -0.39 is 22.1 Å². The molecule has 0 saturated carbocycles. The standard InChI is InChI=1S/C12H17NO5S/c1-9(14)7-8-13-19(16,17)11-6-4-3-5-10(11)12(15)18-2/h3-6,9,13-14H,7-8H2,1-2H3. The van der Waals surface area contributed by atoms with Gasteiger partial charge in [-0.2, -0.15) is 0 Å². The minimum Gasteiger partial charge on any atom is -0.465 e. The maximum atomic E-state index is 12.1. The normalized spacial score (nSPS) is 13.0. The fourth-order valence-corrected chi connectivity index (χ4v) is 2.70. The second-order valence-corrected chi connectivity index (χ2v) is 5.76. The lowest BCUT2D eigenvalue weighted by atomic mass is 10.2. The van der Waals surface area contributed by atoms with E-state index in [1.165, 1.54) is 25.3 Å². The highest BCUT2D eigenvalue weighted by Gasteiger charge is 2.22. The minimum atomic E-state index is -3.80. The van der Waals surface area contributed by atoms with Crippen molar-refractivity contribution in [2.75, 3.05) is 13.7 Å². The Morgan fingerprint density at radius 1 is 1.42 bits per heavy atom. The summed E-state index contributed by atoms with van der Waals surface area (Å²) in [5.74, 6) is -0.712. The molecule has 1 aromatic rings. The Balaban J connectivity index is 2.98. The van der Waals surface area contributed by atoms with Gasteiger partial charge in [-0.05, 0) is 25.5 Å². The van der Waals surface area contributed by atoms with Gasteiger partial charge in [0.15, 0.2) is 0 Å². The van der Waals surface area contributed by atoms with Crippen molar-refractivity contribution in [3.8, 4) is 0 Å². The third-order valence-corrected chi connectivity index (χ3v) is 3.96. The van der Waals surface area contributed by atoms with Crippen molar-refractivity contribution in [2.24, 2.45) is 0 Å². The van der Waals surface area contributed by atoms with Crippen molar-refractivity contribution in [2.45, 2.75) is 24.3 Å². The Morgan fingerprint density at radius 3 is 2.63 bits per heavy atom. The number of aliphatic hydroxyl groups excluding tert-OH is 1. The molecule has 7 heteroatoms. The number of sulfonamides is 1. The van der Waals surface area contributed by atoms with Crippen LogP contribution >= 0.6 is 0 Å². The van der Waals surface area contributed by atoms with Gasteiger partial charge in [0, 0.05) is 6.54 Å². The number of nitrogens with one attached hydrogen (secondary N) is 1. The lowest BCUT2D eigenvalue weighted by Crippen LogP contribution is -2.28. The molecular formula is C12H17NO5S. The van der Waals surface area contributed by atoms with Crippen LogP contribution in [0.25, 0.3) is 0 Å². The van der Waals surface area contributed by atoms with Crippen LogP contribution in [0.5, 0.6) is 0 Å². The van der Waals surface area contributed by atoms with Crippen LogP contribution in [0.1, 0.15) is 23.7 Å². The summed E-state index contributed by atoms with van der Waals surface area (Å²) < 4.78 is 31.0. The first-order chi connectivity index (χ1) is 8.88. The minimum absolute atomic E-state index is 0.0189. The first-order valence-electron chi connectivity index (χ1n) is 5.73. The highest BCUT2D eigenvalue weighted by molar-refractivity contribution is 7.89. The van der Waals surface area contributed by atoms with Gasteiger partial charge in [0.2, 0.25) is 10.0 Å². The molecule has 0 fully saturated rings. The molecule has 2 N–H and O–H groups in total. The second kappa shape index (κ2) is 6.65. The molecule has 0 radical (unpaired) electrons. The molecule has 1 aromatic carbocycles. The molecule has 0 aliphatic carbocycles. The van der Waals surface area contributed by atoms with Crippen molar-refractivity contribution < 1.29 is 23.1 Å². The number of carbonyl (C=O) groups excluding carboxylic acids is 1. The number of rotatable bonds is 6. The average molecular weight is 287 g/mol. The summed E-state index contributed by atoms with van der Waals surface area (Å²) in [6, 6.07) is 5.79. The molecule has 0 amide bonds. The summed E-state index contributed by atoms with van der Waals surface area (Å²) in [6.45, 7) is 1.66. The molecule has 0 spiro atoms. The van der Waals surface area contributed by atoms with Gasteiger partial charge in [0.25, 0.3) is 0 Å². The zero-order valence-electron chi connectivity index (χ0n) is 10.8. The maximum absolute atomic E-state index is 12.1. The molecule has 19 heavy (non-hydrogen) atoms. The van der Waals surface area contributed by atoms with Gasteiger partial charge in [0.05, 0.1) is 23.7 Å². The molecule has 0 aliphatic rings. The van der Waals surface area contributed by atoms with Crippen molar-refractivity contribution in [1.29, 1.82) is 0 Å². The Hall–Kier alpha value is -1.44. The fourth-order valence-electron chi connectivity index (χ4n) is 1.46. The number of ether oxygens (including phenoxy) is 1. The predicted molar refractivity (Wildman–Crippen MR) is 69.3 cm³/mol. The maximum Gasteiger partial charge on any atom is 0.339 e. The third kappa shape index (κ3) is 4.30. The highest BCUT2D eigenvalue weighted by atomic mass is 32.2. The zero-order valence-corrected chi connectivity index (χ0v) is 11.6. The van der Waals surface area contributed by atoms with Gasteiger partial charge >= 0.3 is 5.97 Å². The van der Waals surface area contributed by atoms with Gasteiger partial charge in [-0.15, -0.1) is 0 Å². The molecule has 1 unspecified atom stereocenters. The molecule has 0 bridgehead atoms. The van der Waals surface area contributed by atoms with Crippen LogP contribution in [0.4, 0.5) is 0 Å². The molecular weight excluding hydrogens is 270 g/mol. The number of aliphatic hydroxyl groups is 1. The molecule has 6 nitrogen and oxygen atoms in total. The van der Waals surface area contributed by atoms with Gasteiger partial charge < -0.3 is 9.84 Å². The Bertz CT molecular complexity index is 539. The number of benzene rings is 1. The number of carbonyl (C=O) groups is 1. The largest absolute Gasteiger partial charge is 0.465 e. The topological polar surface area (TPSA) is 92.7 Å². The highest BCUT2D eigenvalue weighted by Crippen LogP contribution is 2.16. The van der Waals surface area contributed by atoms with Crippen LogP contribution in [0.3, 0.4) is 0 Å². The summed E-state index contributed by atoms with van der Waals surface area (Å²) in [6.07, 6.45) is -0.307. The summed E-state index contributed by atoms with van der Waals surface area (Å²) >= 11 is 0. The van der Waals surface area contributed by atoms with Gasteiger partial charge in [-0.25, -0.2) is 17.9 Å². The summed E-state index contributed by atoms with van der Waals surface area (Å²) in [4.78, 5) is 11.4. The first-order valence-corrected chi connectivity index (χ1v) is 7.22. The summed E-state index contributed by atoms with van der Waals surface area (Å²) in [5.41, 5.74) is -0.0189. The molecule has 106 valence electrons. The summed E-state index contributed by atoms with van der Waals surface area (Å²) in [7, 11) is -2.62. The van der Waals surface area contributed by atoms with E-state index in [1.807, 2.05) is 0 Å². The Kier molecular flexibility index (Phi) is 5.46. The molecule has 0 aliphatic heterocycles. The van der Waals surface area contributed by atoms with E-state index in [9.17, 15) is 13.2 Å². The van der Waals surface area contributed by atoms with Gasteiger partial charge in [0.1, 0.15) is 0 Å². The van der Waals surface area contributed by atoms with Crippen LogP contribution in [0.15, 0.2) is 29.2 Å². The molecule has 0 heterocycles. The number of hydrogen-bond acceptors (Lipinski definition) is 5. The van der Waals surface area contributed by atoms with Crippen LogP contribution in [0, 0.1) is 0 Å². The smallest absolute Gasteiger partial charge is 0.339 e. The first kappa shape index (κ1) is 15.6. The SMILES string of the molecule is COC(=O)c1ccccc1S(=O)(=O)NCCC(C)O. The summed E-state index contributed by atoms with van der Waals surface area (Å²) in [5, 5.41) is 9.09. The van der Waals surface area contributed by atoms with E-state index in [-0.39, 0.29) is 17.0 Å². The van der Waals surface area contributed by atoms with E-state index in [4.69, 9.17) is 5.11 Å². The van der Waals surface area contributed by atoms with Crippen molar-refractivity contribution in [3.63, 3.8) is 0 Å². The lowest BCUT2D eigenvalue weighted by Gasteiger charge is -2.10. The van der Waals surface area contributed by atoms with Crippen LogP contribution < -0.4 is 4.72 Å². The molecule has 0 saturated heterocycles. The second-order valence-electron chi connectivity index (χ2n) is 4.02. The number of esters is 1. The molecule has 1 atom stereocenters. The van der Waals surface area contributed by atoms with Crippen molar-refractivity contribution in [1.82, 2.24) is 4.72 Å². The monoisotopic (exact) mass is 287 g/mol. The van der Waals surface area contributed by atoms with E-state index in [1.54, 1.807) is 13.0 Å². The fraction of sp³-hybridized carbons (Fsp3) is 0.417. The number of methoxy groups -OCH3 is 1. The molecule has 0 aromatic heterocycles. The van der Waals surface area contributed by atoms with Crippen molar-refractivity contribution >= 4 is 16.0 Å². The average Bonchev–Trinajstić information content (AvgIpc) is 2.37. The Morgan fingerprint density at radius 2 is 2.05 bits per heavy atom. The zero-order chi connectivity index (χ0) is 14.5. The molecule has 1 rings (SSSR count). The van der Waals surface area contributed by atoms with Crippen LogP contribution in [-0.4, -0.2) is 39.3 Å². The van der Waals surface area contributed by atoms with E-state index >= 15 is 0 Å². The Labute approximate surface area is 112 Å². The van der Waals surface area contributed by atoms with Crippen molar-refractivity contribution in [3.05, 3.63) is 29.8 Å². The lowest BCUT2D eigenvalue weighted by molar-refractivity contribution is 0.0596. The van der Waals surface area contributed by atoms with E-state index in [2.05, 4.69) is 9.46 Å². The van der Waals surface area contributed by atoms with Gasteiger partial charge in [-0.1, -0.05) is 12.1 Å². The van der Waals surface area contributed by atoms with E-state index in [0.29, 0.717) is 6.42 Å². The van der Waals surface area contributed by atoms with Crippen LogP contribution in [-0.2, 0) is 14.8 Å². The number of hydrogen-bond donors (Lipinski definition) is 2. The quantitative estimate of drug-likeness (QED) is 0.744. The third-order valence-electron chi connectivity index (χ3n) is 2.44. The van der Waals surface area contributed by atoms with Gasteiger partial charge in [-0.3, -0.25) is 0 Å². The predicted octanol–water partition coefficient (Wildman–Crippen LogP) is 0.522. The van der Waals surface area contributed by atoms with E-state index in [0.717, 1.165) is 0 Å².